The minimum absolute atomic E-state index is 0.400. The molecular formula is C9H16O2. The van der Waals surface area contributed by atoms with E-state index in [0.29, 0.717) is 11.8 Å². The Morgan fingerprint density at radius 3 is 2.64 bits per heavy atom. The van der Waals surface area contributed by atoms with Crippen molar-refractivity contribution < 1.29 is 10.2 Å². The maximum atomic E-state index is 9.54. The standard InChI is InChI=1S/C9H16O2/c10-8-5-6-2-1-3-7(4-6)9(8)11/h6-11H,1-5H2/t6-,7+,8-,9-/m0/s1. The molecule has 64 valence electrons. The maximum Gasteiger partial charge on any atom is 0.0827 e. The number of hydrogen-bond acceptors (Lipinski definition) is 2. The van der Waals surface area contributed by atoms with Crippen LogP contribution in [0.25, 0.3) is 0 Å². The summed E-state index contributed by atoms with van der Waals surface area (Å²) in [4.78, 5) is 0. The summed E-state index contributed by atoms with van der Waals surface area (Å²) in [5.41, 5.74) is 0. The largest absolute Gasteiger partial charge is 0.390 e. The van der Waals surface area contributed by atoms with E-state index in [1.165, 1.54) is 12.8 Å². The van der Waals surface area contributed by atoms with Crippen molar-refractivity contribution in [3.8, 4) is 0 Å². The Bertz CT molecular complexity index is 144. The van der Waals surface area contributed by atoms with E-state index in [-0.39, 0.29) is 0 Å². The van der Waals surface area contributed by atoms with E-state index in [1.54, 1.807) is 0 Å². The van der Waals surface area contributed by atoms with Gasteiger partial charge in [-0.1, -0.05) is 12.8 Å². The van der Waals surface area contributed by atoms with Crippen LogP contribution in [0.4, 0.5) is 0 Å². The van der Waals surface area contributed by atoms with Crippen LogP contribution in [0.5, 0.6) is 0 Å². The smallest absolute Gasteiger partial charge is 0.0827 e. The first-order valence-electron chi connectivity index (χ1n) is 4.63. The van der Waals surface area contributed by atoms with Crippen molar-refractivity contribution in [3.63, 3.8) is 0 Å². The van der Waals surface area contributed by atoms with E-state index in [9.17, 15) is 10.2 Å². The predicted octanol–water partition coefficient (Wildman–Crippen LogP) is 0.918. The van der Waals surface area contributed by atoms with Crippen molar-refractivity contribution in [1.82, 2.24) is 0 Å². The van der Waals surface area contributed by atoms with Gasteiger partial charge in [-0.05, 0) is 31.1 Å². The van der Waals surface area contributed by atoms with Crippen LogP contribution in [0.15, 0.2) is 0 Å². The van der Waals surface area contributed by atoms with Gasteiger partial charge < -0.3 is 10.2 Å². The Labute approximate surface area is 67.2 Å². The molecule has 0 spiro atoms. The van der Waals surface area contributed by atoms with Gasteiger partial charge in [0.15, 0.2) is 0 Å². The van der Waals surface area contributed by atoms with Gasteiger partial charge in [0.05, 0.1) is 12.2 Å². The molecule has 0 amide bonds. The Morgan fingerprint density at radius 1 is 1.00 bits per heavy atom. The summed E-state index contributed by atoms with van der Waals surface area (Å²) >= 11 is 0. The molecule has 0 saturated heterocycles. The second-order valence-corrected chi connectivity index (χ2v) is 4.09. The molecule has 0 heterocycles. The molecule has 0 aromatic heterocycles. The summed E-state index contributed by atoms with van der Waals surface area (Å²) in [7, 11) is 0. The zero-order valence-corrected chi connectivity index (χ0v) is 6.74. The highest BCUT2D eigenvalue weighted by Crippen LogP contribution is 2.39. The van der Waals surface area contributed by atoms with Gasteiger partial charge in [-0.2, -0.15) is 0 Å². The van der Waals surface area contributed by atoms with Gasteiger partial charge >= 0.3 is 0 Å². The molecule has 4 atom stereocenters. The number of hydrogen-bond donors (Lipinski definition) is 2. The van der Waals surface area contributed by atoms with Crippen LogP contribution < -0.4 is 0 Å². The summed E-state index contributed by atoms with van der Waals surface area (Å²) in [5, 5.41) is 19.0. The molecular weight excluding hydrogens is 140 g/mol. The van der Waals surface area contributed by atoms with E-state index >= 15 is 0 Å². The second-order valence-electron chi connectivity index (χ2n) is 4.09. The zero-order valence-electron chi connectivity index (χ0n) is 6.74. The van der Waals surface area contributed by atoms with E-state index < -0.39 is 12.2 Å². The van der Waals surface area contributed by atoms with E-state index in [4.69, 9.17) is 0 Å². The van der Waals surface area contributed by atoms with E-state index in [1.807, 2.05) is 0 Å². The molecule has 11 heavy (non-hydrogen) atoms. The SMILES string of the molecule is O[C@H]1[C@@H]2CCC[C@@H](C2)C[C@@H]1O. The number of aliphatic hydroxyl groups excluding tert-OH is 2. The average Bonchev–Trinajstić information content (AvgIpc) is 2.01. The highest BCUT2D eigenvalue weighted by molar-refractivity contribution is 4.88. The number of rotatable bonds is 0. The Morgan fingerprint density at radius 2 is 1.82 bits per heavy atom. The minimum atomic E-state index is -0.431. The highest BCUT2D eigenvalue weighted by Gasteiger charge is 2.37. The van der Waals surface area contributed by atoms with Crippen LogP contribution >= 0.6 is 0 Å². The van der Waals surface area contributed by atoms with Gasteiger partial charge in [-0.25, -0.2) is 0 Å². The van der Waals surface area contributed by atoms with Crippen LogP contribution in [0, 0.1) is 11.8 Å². The van der Waals surface area contributed by atoms with Crippen LogP contribution in [0.1, 0.15) is 32.1 Å². The van der Waals surface area contributed by atoms with Crippen molar-refractivity contribution in [2.45, 2.75) is 44.3 Å². The third-order valence-corrected chi connectivity index (χ3v) is 3.28. The van der Waals surface area contributed by atoms with E-state index in [2.05, 4.69) is 0 Å². The number of fused-ring (bicyclic) bond motifs is 2. The molecule has 2 rings (SSSR count). The van der Waals surface area contributed by atoms with Crippen LogP contribution in [0.2, 0.25) is 0 Å². The Kier molecular flexibility index (Phi) is 1.90. The average molecular weight is 156 g/mol. The van der Waals surface area contributed by atoms with Crippen LogP contribution in [-0.4, -0.2) is 22.4 Å². The molecule has 0 aliphatic heterocycles. The molecule has 0 aromatic rings. The molecule has 2 aliphatic rings. The molecule has 0 unspecified atom stereocenters. The lowest BCUT2D eigenvalue weighted by Crippen LogP contribution is -2.42. The minimum Gasteiger partial charge on any atom is -0.390 e. The fourth-order valence-corrected chi connectivity index (χ4v) is 2.65. The first-order chi connectivity index (χ1) is 5.27. The van der Waals surface area contributed by atoms with Crippen molar-refractivity contribution in [3.05, 3.63) is 0 Å². The topological polar surface area (TPSA) is 40.5 Å². The molecule has 2 nitrogen and oxygen atoms in total. The van der Waals surface area contributed by atoms with Crippen molar-refractivity contribution >= 4 is 0 Å². The fraction of sp³-hybridized carbons (Fsp3) is 1.00. The van der Waals surface area contributed by atoms with Crippen molar-refractivity contribution in [2.75, 3.05) is 0 Å². The van der Waals surface area contributed by atoms with Crippen LogP contribution in [0.3, 0.4) is 0 Å². The molecule has 0 radical (unpaired) electrons. The zero-order chi connectivity index (χ0) is 7.84. The summed E-state index contributed by atoms with van der Waals surface area (Å²) in [6.07, 6.45) is 4.76. The first kappa shape index (κ1) is 7.56. The summed E-state index contributed by atoms with van der Waals surface area (Å²) in [5.74, 6) is 1.10. The summed E-state index contributed by atoms with van der Waals surface area (Å²) < 4.78 is 0. The monoisotopic (exact) mass is 156 g/mol. The Hall–Kier alpha value is -0.0800. The molecule has 2 fully saturated rings. The van der Waals surface area contributed by atoms with Gasteiger partial charge in [0.25, 0.3) is 0 Å². The fourth-order valence-electron chi connectivity index (χ4n) is 2.65. The summed E-state index contributed by atoms with van der Waals surface area (Å²) in [6.45, 7) is 0. The van der Waals surface area contributed by atoms with Gasteiger partial charge in [0.1, 0.15) is 0 Å². The van der Waals surface area contributed by atoms with E-state index in [0.717, 1.165) is 19.3 Å². The maximum absolute atomic E-state index is 9.54. The molecule has 2 bridgehead atoms. The quantitative estimate of drug-likeness (QED) is 0.547. The lowest BCUT2D eigenvalue weighted by Gasteiger charge is -2.40. The van der Waals surface area contributed by atoms with Crippen molar-refractivity contribution in [1.29, 1.82) is 0 Å². The third-order valence-electron chi connectivity index (χ3n) is 3.28. The third kappa shape index (κ3) is 1.30. The lowest BCUT2D eigenvalue weighted by molar-refractivity contribution is -0.0765. The van der Waals surface area contributed by atoms with Gasteiger partial charge in [-0.15, -0.1) is 0 Å². The first-order valence-corrected chi connectivity index (χ1v) is 4.63. The molecule has 2 N–H and O–H groups in total. The number of aliphatic hydroxyl groups is 2. The van der Waals surface area contributed by atoms with Crippen molar-refractivity contribution in [2.24, 2.45) is 11.8 Å². The van der Waals surface area contributed by atoms with Crippen LogP contribution in [-0.2, 0) is 0 Å². The lowest BCUT2D eigenvalue weighted by atomic mass is 9.70. The van der Waals surface area contributed by atoms with Gasteiger partial charge in [0.2, 0.25) is 0 Å². The summed E-state index contributed by atoms with van der Waals surface area (Å²) in [6, 6.07) is 0. The highest BCUT2D eigenvalue weighted by atomic mass is 16.3. The van der Waals surface area contributed by atoms with Gasteiger partial charge in [-0.3, -0.25) is 0 Å². The molecule has 0 aromatic carbocycles. The molecule has 2 heteroatoms. The molecule has 2 aliphatic carbocycles. The molecule has 2 saturated carbocycles. The van der Waals surface area contributed by atoms with Gasteiger partial charge in [0, 0.05) is 0 Å². The Balaban J connectivity index is 2.05. The second kappa shape index (κ2) is 2.76. The normalized spacial score (nSPS) is 50.7. The predicted molar refractivity (Wildman–Crippen MR) is 42.1 cm³/mol.